The van der Waals surface area contributed by atoms with E-state index in [0.717, 1.165) is 5.56 Å². The third-order valence-electron chi connectivity index (χ3n) is 5.98. The molecule has 2 aromatic rings. The lowest BCUT2D eigenvalue weighted by Gasteiger charge is -2.27. The molecular formula is C26H33ClN4O5. The standard InChI is InChI=1S/C26H33ClN4O5/c1-18(32)28-22(15-19-9-10-23(35-2)24(16-19)36-3)26(34)31-12-6-11-30(13-14-31)17-25(33)29-21-8-5-4-7-20(21)27/h4-5,7-10,16,22H,6,11-15,17H2,1-3H3,(H,28,32)(H,29,33). The van der Waals surface area contributed by atoms with E-state index in [4.69, 9.17) is 21.1 Å². The summed E-state index contributed by atoms with van der Waals surface area (Å²) in [4.78, 5) is 41.6. The second-order valence-corrected chi connectivity index (χ2v) is 9.04. The highest BCUT2D eigenvalue weighted by molar-refractivity contribution is 6.33. The van der Waals surface area contributed by atoms with Gasteiger partial charge in [0.05, 0.1) is 31.5 Å². The van der Waals surface area contributed by atoms with Gasteiger partial charge in [0.1, 0.15) is 6.04 Å². The van der Waals surface area contributed by atoms with E-state index in [0.29, 0.717) is 61.2 Å². The van der Waals surface area contributed by atoms with Gasteiger partial charge in [0.15, 0.2) is 11.5 Å². The van der Waals surface area contributed by atoms with Crippen LogP contribution in [0.25, 0.3) is 0 Å². The average Bonchev–Trinajstić information content (AvgIpc) is 3.09. The van der Waals surface area contributed by atoms with Crippen molar-refractivity contribution in [2.24, 2.45) is 0 Å². The fourth-order valence-electron chi connectivity index (χ4n) is 4.21. The summed E-state index contributed by atoms with van der Waals surface area (Å²) in [5, 5.41) is 6.12. The van der Waals surface area contributed by atoms with Crippen molar-refractivity contribution in [3.63, 3.8) is 0 Å². The SMILES string of the molecule is COc1ccc(CC(NC(C)=O)C(=O)N2CCCN(CC(=O)Nc3ccccc3Cl)CC2)cc1OC. The van der Waals surface area contributed by atoms with E-state index in [1.54, 1.807) is 43.4 Å². The maximum absolute atomic E-state index is 13.4. The molecule has 194 valence electrons. The number of nitrogens with zero attached hydrogens (tertiary/aromatic N) is 2. The lowest BCUT2D eigenvalue weighted by atomic mass is 10.0. The van der Waals surface area contributed by atoms with Crippen LogP contribution in [0.5, 0.6) is 11.5 Å². The van der Waals surface area contributed by atoms with Crippen molar-refractivity contribution in [1.82, 2.24) is 15.1 Å². The van der Waals surface area contributed by atoms with Crippen molar-refractivity contribution >= 4 is 35.0 Å². The summed E-state index contributed by atoms with van der Waals surface area (Å²) >= 11 is 6.13. The summed E-state index contributed by atoms with van der Waals surface area (Å²) in [6.45, 7) is 3.83. The minimum Gasteiger partial charge on any atom is -0.493 e. The Bertz CT molecular complexity index is 1080. The Morgan fingerprint density at radius 1 is 1.00 bits per heavy atom. The number of hydrogen-bond acceptors (Lipinski definition) is 6. The Kier molecular flexibility index (Phi) is 9.95. The Morgan fingerprint density at radius 3 is 2.44 bits per heavy atom. The Hall–Kier alpha value is -3.30. The Balaban J connectivity index is 1.61. The van der Waals surface area contributed by atoms with Gasteiger partial charge in [0.25, 0.3) is 0 Å². The van der Waals surface area contributed by atoms with Crippen LogP contribution in [0.3, 0.4) is 0 Å². The van der Waals surface area contributed by atoms with Gasteiger partial charge in [-0.25, -0.2) is 0 Å². The van der Waals surface area contributed by atoms with Crippen LogP contribution in [0, 0.1) is 0 Å². The third kappa shape index (κ3) is 7.60. The topological polar surface area (TPSA) is 100 Å². The monoisotopic (exact) mass is 516 g/mol. The minimum atomic E-state index is -0.712. The Morgan fingerprint density at radius 2 is 1.75 bits per heavy atom. The van der Waals surface area contributed by atoms with E-state index in [1.807, 2.05) is 23.1 Å². The zero-order valence-corrected chi connectivity index (χ0v) is 21.6. The van der Waals surface area contributed by atoms with Gasteiger partial charge in [0, 0.05) is 39.5 Å². The highest BCUT2D eigenvalue weighted by Crippen LogP contribution is 2.28. The number of hydrogen-bond donors (Lipinski definition) is 2. The molecule has 3 rings (SSSR count). The number of halogens is 1. The maximum Gasteiger partial charge on any atom is 0.245 e. The number of methoxy groups -OCH3 is 2. The van der Waals surface area contributed by atoms with Crippen LogP contribution in [0.1, 0.15) is 18.9 Å². The van der Waals surface area contributed by atoms with Crippen molar-refractivity contribution in [2.75, 3.05) is 52.3 Å². The molecule has 1 aliphatic heterocycles. The summed E-state index contributed by atoms with van der Waals surface area (Å²) in [5.41, 5.74) is 1.41. The van der Waals surface area contributed by atoms with Crippen molar-refractivity contribution in [3.8, 4) is 11.5 Å². The molecule has 0 spiro atoms. The smallest absolute Gasteiger partial charge is 0.245 e. The summed E-state index contributed by atoms with van der Waals surface area (Å²) < 4.78 is 10.7. The molecule has 3 amide bonds. The van der Waals surface area contributed by atoms with Crippen LogP contribution in [0.15, 0.2) is 42.5 Å². The lowest BCUT2D eigenvalue weighted by molar-refractivity contribution is -0.136. The molecule has 0 aliphatic carbocycles. The van der Waals surface area contributed by atoms with Crippen molar-refractivity contribution < 1.29 is 23.9 Å². The molecule has 9 nitrogen and oxygen atoms in total. The normalized spacial score (nSPS) is 14.9. The predicted octanol–water partition coefficient (Wildman–Crippen LogP) is 2.58. The molecule has 36 heavy (non-hydrogen) atoms. The second kappa shape index (κ2) is 13.1. The largest absolute Gasteiger partial charge is 0.493 e. The van der Waals surface area contributed by atoms with E-state index >= 15 is 0 Å². The molecule has 1 fully saturated rings. The van der Waals surface area contributed by atoms with E-state index in [-0.39, 0.29) is 24.3 Å². The van der Waals surface area contributed by atoms with Gasteiger partial charge in [-0.1, -0.05) is 29.8 Å². The van der Waals surface area contributed by atoms with Gasteiger partial charge in [-0.15, -0.1) is 0 Å². The number of nitrogens with one attached hydrogen (secondary N) is 2. The lowest BCUT2D eigenvalue weighted by Crippen LogP contribution is -2.50. The van der Waals surface area contributed by atoms with Crippen molar-refractivity contribution in [1.29, 1.82) is 0 Å². The van der Waals surface area contributed by atoms with Crippen LogP contribution >= 0.6 is 11.6 Å². The average molecular weight is 517 g/mol. The number of para-hydroxylation sites is 1. The quantitative estimate of drug-likeness (QED) is 0.531. The van der Waals surface area contributed by atoms with Crippen LogP contribution in [-0.2, 0) is 20.8 Å². The number of carbonyl (C=O) groups is 3. The van der Waals surface area contributed by atoms with Crippen LogP contribution in [-0.4, -0.2) is 80.5 Å². The first-order valence-corrected chi connectivity index (χ1v) is 12.2. The number of benzene rings is 2. The minimum absolute atomic E-state index is 0.151. The number of ether oxygens (including phenoxy) is 2. The molecule has 1 unspecified atom stereocenters. The van der Waals surface area contributed by atoms with E-state index in [2.05, 4.69) is 10.6 Å². The van der Waals surface area contributed by atoms with Crippen LogP contribution in [0.2, 0.25) is 5.02 Å². The second-order valence-electron chi connectivity index (χ2n) is 8.63. The molecule has 0 saturated carbocycles. The number of anilines is 1. The molecule has 2 aromatic carbocycles. The van der Waals surface area contributed by atoms with E-state index in [1.165, 1.54) is 6.92 Å². The highest BCUT2D eigenvalue weighted by atomic mass is 35.5. The Labute approximate surface area is 216 Å². The molecule has 1 aliphatic rings. The molecule has 0 radical (unpaired) electrons. The summed E-state index contributed by atoms with van der Waals surface area (Å²) in [6, 6.07) is 11.8. The summed E-state index contributed by atoms with van der Waals surface area (Å²) in [7, 11) is 3.11. The first kappa shape index (κ1) is 27.3. The maximum atomic E-state index is 13.4. The molecule has 1 heterocycles. The fourth-order valence-corrected chi connectivity index (χ4v) is 4.40. The van der Waals surface area contributed by atoms with Gasteiger partial charge in [-0.3, -0.25) is 19.3 Å². The van der Waals surface area contributed by atoms with Crippen LogP contribution in [0.4, 0.5) is 5.69 Å². The third-order valence-corrected chi connectivity index (χ3v) is 6.31. The molecule has 10 heteroatoms. The molecule has 2 N–H and O–H groups in total. The van der Waals surface area contributed by atoms with Crippen LogP contribution < -0.4 is 20.1 Å². The molecular weight excluding hydrogens is 484 g/mol. The molecule has 1 atom stereocenters. The number of carbonyl (C=O) groups excluding carboxylic acids is 3. The molecule has 0 aromatic heterocycles. The highest BCUT2D eigenvalue weighted by Gasteiger charge is 2.28. The van der Waals surface area contributed by atoms with Crippen molar-refractivity contribution in [3.05, 3.63) is 53.1 Å². The van der Waals surface area contributed by atoms with E-state index in [9.17, 15) is 14.4 Å². The number of rotatable bonds is 9. The predicted molar refractivity (Wildman–Crippen MR) is 139 cm³/mol. The van der Waals surface area contributed by atoms with Gasteiger partial charge >= 0.3 is 0 Å². The molecule has 1 saturated heterocycles. The molecule has 0 bridgehead atoms. The first-order chi connectivity index (χ1) is 17.3. The van der Waals surface area contributed by atoms with Crippen molar-refractivity contribution in [2.45, 2.75) is 25.8 Å². The summed E-state index contributed by atoms with van der Waals surface area (Å²) in [6.07, 6.45) is 1.04. The first-order valence-electron chi connectivity index (χ1n) is 11.8. The fraction of sp³-hybridized carbons (Fsp3) is 0.423. The number of amides is 3. The van der Waals surface area contributed by atoms with Gasteiger partial charge in [0.2, 0.25) is 17.7 Å². The van der Waals surface area contributed by atoms with Gasteiger partial charge in [-0.2, -0.15) is 0 Å². The van der Waals surface area contributed by atoms with Gasteiger partial charge < -0.3 is 25.0 Å². The zero-order chi connectivity index (χ0) is 26.1. The summed E-state index contributed by atoms with van der Waals surface area (Å²) in [5.74, 6) is 0.565. The van der Waals surface area contributed by atoms with E-state index < -0.39 is 6.04 Å². The van der Waals surface area contributed by atoms with Gasteiger partial charge in [-0.05, 0) is 36.2 Å². The zero-order valence-electron chi connectivity index (χ0n) is 20.9.